The maximum Gasteiger partial charge on any atom is 0.141 e. The van der Waals surface area contributed by atoms with Crippen LogP contribution in [0.25, 0.3) is 27.6 Å². The van der Waals surface area contributed by atoms with E-state index in [9.17, 15) is 9.90 Å². The van der Waals surface area contributed by atoms with Gasteiger partial charge >= 0.3 is 0 Å². The number of piperidine rings is 1. The number of carbonyl (C=O) groups is 1. The molecule has 5 rings (SSSR count). The fraction of sp³-hybridized carbons (Fsp3) is 0.359. The van der Waals surface area contributed by atoms with E-state index >= 15 is 0 Å². The normalized spacial score (nSPS) is 15.4. The molecule has 1 fully saturated rings. The van der Waals surface area contributed by atoms with Gasteiger partial charge in [0.2, 0.25) is 0 Å². The van der Waals surface area contributed by atoms with E-state index in [1.165, 1.54) is 34.5 Å². The molecule has 49 heavy (non-hydrogen) atoms. The van der Waals surface area contributed by atoms with Crippen LogP contribution in [0, 0.1) is 5.41 Å². The molecule has 0 aliphatic carbocycles. The number of phenols is 1. The van der Waals surface area contributed by atoms with Crippen LogP contribution in [0.3, 0.4) is 0 Å². The number of pyridine rings is 1. The van der Waals surface area contributed by atoms with Gasteiger partial charge in [0.25, 0.3) is 0 Å². The molecule has 4 aromatic rings. The number of aromatic nitrogens is 2. The van der Waals surface area contributed by atoms with E-state index in [2.05, 4.69) is 46.0 Å². The first kappa shape index (κ1) is 35.2. The van der Waals surface area contributed by atoms with E-state index in [1.54, 1.807) is 36.5 Å². The van der Waals surface area contributed by atoms with Crippen molar-refractivity contribution < 1.29 is 9.90 Å². The van der Waals surface area contributed by atoms with Gasteiger partial charge in [0, 0.05) is 83.4 Å². The van der Waals surface area contributed by atoms with Crippen LogP contribution in [0.1, 0.15) is 69.0 Å². The molecule has 0 amide bonds. The summed E-state index contributed by atoms with van der Waals surface area (Å²) in [5.74, 6) is 0.107. The summed E-state index contributed by atoms with van der Waals surface area (Å²) >= 11 is 0. The van der Waals surface area contributed by atoms with Crippen LogP contribution < -0.4 is 22.5 Å². The predicted molar refractivity (Wildman–Crippen MR) is 200 cm³/mol. The van der Waals surface area contributed by atoms with Gasteiger partial charge in [-0.25, -0.2) is 4.98 Å². The fourth-order valence-electron chi connectivity index (χ4n) is 6.93. The lowest BCUT2D eigenvalue weighted by atomic mass is 10.0. The molecule has 0 bridgehead atoms. The Hall–Kier alpha value is -5.09. The van der Waals surface area contributed by atoms with Gasteiger partial charge in [0.15, 0.2) is 0 Å². The van der Waals surface area contributed by atoms with E-state index in [4.69, 9.17) is 27.6 Å². The van der Waals surface area contributed by atoms with Crippen molar-refractivity contribution in [2.75, 3.05) is 19.6 Å². The van der Waals surface area contributed by atoms with Gasteiger partial charge in [-0.2, -0.15) is 0 Å². The molecule has 10 heteroatoms. The highest BCUT2D eigenvalue weighted by Gasteiger charge is 2.20. The molecule has 2 aromatic carbocycles. The fourth-order valence-corrected chi connectivity index (χ4v) is 6.93. The minimum absolute atomic E-state index is 0.0471. The van der Waals surface area contributed by atoms with Gasteiger partial charge in [0.1, 0.15) is 23.5 Å². The van der Waals surface area contributed by atoms with Gasteiger partial charge in [-0.15, -0.1) is 0 Å². The molecule has 1 aliphatic heterocycles. The summed E-state index contributed by atoms with van der Waals surface area (Å²) in [7, 11) is 0. The topological polar surface area (TPSA) is 172 Å². The first-order chi connectivity index (χ1) is 23.8. The Morgan fingerprint density at radius 3 is 2.59 bits per heavy atom. The Morgan fingerprint density at radius 2 is 1.86 bits per heavy atom. The zero-order chi connectivity index (χ0) is 34.8. The number of unbranched alkanes of at least 4 members (excludes halogenated alkanes) is 2. The van der Waals surface area contributed by atoms with Gasteiger partial charge in [0.05, 0.1) is 5.52 Å². The number of aromatic hydroxyl groups is 1. The third kappa shape index (κ3) is 8.50. The van der Waals surface area contributed by atoms with E-state index in [0.29, 0.717) is 28.8 Å². The average Bonchev–Trinajstić information content (AvgIpc) is 3.46. The van der Waals surface area contributed by atoms with Crippen molar-refractivity contribution in [3.05, 3.63) is 101 Å². The van der Waals surface area contributed by atoms with Crippen LogP contribution in [0.5, 0.6) is 5.75 Å². The van der Waals surface area contributed by atoms with Crippen LogP contribution in [-0.4, -0.2) is 57.7 Å². The van der Waals surface area contributed by atoms with Crippen LogP contribution in [0.2, 0.25) is 0 Å². The van der Waals surface area contributed by atoms with E-state index < -0.39 is 0 Å². The molecule has 258 valence electrons. The number of fused-ring (bicyclic) bond motifs is 3. The number of phenolic OH excluding ortho intramolecular Hbond substituents is 1. The number of rotatable bonds is 16. The molecule has 0 radical (unpaired) electrons. The van der Waals surface area contributed by atoms with E-state index in [-0.39, 0.29) is 23.7 Å². The number of para-hydroxylation sites is 1. The summed E-state index contributed by atoms with van der Waals surface area (Å²) in [5.41, 5.74) is 23.5. The van der Waals surface area contributed by atoms with Gasteiger partial charge in [-0.05, 0) is 94.0 Å². The van der Waals surface area contributed by atoms with Gasteiger partial charge in [-0.1, -0.05) is 30.7 Å². The quantitative estimate of drug-likeness (QED) is 0.0374. The maximum absolute atomic E-state index is 11.1. The van der Waals surface area contributed by atoms with Gasteiger partial charge < -0.3 is 47.3 Å². The average molecular weight is 663 g/mol. The Kier molecular flexibility index (Phi) is 12.1. The second kappa shape index (κ2) is 16.8. The highest BCUT2D eigenvalue weighted by molar-refractivity contribution is 6.08. The molecule has 0 spiro atoms. The van der Waals surface area contributed by atoms with Crippen LogP contribution in [0.15, 0.2) is 90.0 Å². The first-order valence-electron chi connectivity index (χ1n) is 17.3. The number of hydrogen-bond donors (Lipinski definition) is 6. The Bertz CT molecular complexity index is 1840. The highest BCUT2D eigenvalue weighted by Crippen LogP contribution is 2.35. The summed E-state index contributed by atoms with van der Waals surface area (Å²) < 4.78 is 2.31. The molecule has 9 N–H and O–H groups in total. The van der Waals surface area contributed by atoms with Crippen molar-refractivity contribution >= 4 is 40.1 Å². The smallest absolute Gasteiger partial charge is 0.141 e. The number of nitrogens with one attached hydrogen (secondary N) is 2. The summed E-state index contributed by atoms with van der Waals surface area (Å²) in [4.78, 5) is 18.3. The Labute approximate surface area is 288 Å². The van der Waals surface area contributed by atoms with Crippen molar-refractivity contribution in [3.8, 4) is 5.75 Å². The Balaban J connectivity index is 1.11. The zero-order valence-electron chi connectivity index (χ0n) is 28.4. The van der Waals surface area contributed by atoms with Crippen molar-refractivity contribution in [1.82, 2.24) is 19.8 Å². The molecule has 3 heterocycles. The number of nitrogens with two attached hydrogens (primary N) is 3. The molecule has 2 aromatic heterocycles. The third-order valence-corrected chi connectivity index (χ3v) is 9.59. The van der Waals surface area contributed by atoms with Crippen molar-refractivity contribution in [2.24, 2.45) is 17.2 Å². The molecule has 0 saturated carbocycles. The standard InChI is InChI=1S/C39H50N8O2/c1-27(10-9-23-48)47-35-15-7-12-28(37(35)32-14-8-19-44-39(32)47)11-3-2-6-20-46-21-17-30(18-22-46)45-26-29(25-40)33(38(42)43)24-34(41)31-13-4-5-16-36(31)49/h4-5,7-8,12-16,19,23-27,30,40,45,49H,2-3,6,9-11,17-18,20-22,41-43H2,1H3/b29-26+,34-24-,40-25?. The lowest BCUT2D eigenvalue weighted by Crippen LogP contribution is -2.41. The number of nitrogens with zero attached hydrogens (tertiary/aromatic N) is 3. The van der Waals surface area contributed by atoms with Crippen LogP contribution in [-0.2, 0) is 11.2 Å². The lowest BCUT2D eigenvalue weighted by molar-refractivity contribution is -0.108. The number of benzene rings is 2. The second-order valence-electron chi connectivity index (χ2n) is 13.0. The number of carbonyl (C=O) groups excluding carboxylic acids is 1. The molecule has 10 nitrogen and oxygen atoms in total. The highest BCUT2D eigenvalue weighted by atomic mass is 16.3. The SMILES string of the molecule is CC(CCC=O)n1c2cccc(CCCCCN3CCC(N/C=C(\C=N)C(/C=C(\N)c4ccccc4O)=C(N)N)CC3)c2c2cccnc21. The van der Waals surface area contributed by atoms with Crippen molar-refractivity contribution in [3.63, 3.8) is 0 Å². The second-order valence-corrected chi connectivity index (χ2v) is 13.0. The lowest BCUT2D eigenvalue weighted by Gasteiger charge is -2.32. The van der Waals surface area contributed by atoms with Crippen molar-refractivity contribution in [1.29, 1.82) is 5.41 Å². The summed E-state index contributed by atoms with van der Waals surface area (Å²) in [5, 5.41) is 24.1. The minimum Gasteiger partial charge on any atom is -0.507 e. The molecule has 1 aliphatic rings. The van der Waals surface area contributed by atoms with E-state index in [0.717, 1.165) is 70.1 Å². The molecular formula is C39H50N8O2. The molecular weight excluding hydrogens is 612 g/mol. The first-order valence-corrected chi connectivity index (χ1v) is 17.3. The van der Waals surface area contributed by atoms with Crippen LogP contribution in [0.4, 0.5) is 0 Å². The minimum atomic E-state index is 0.0471. The molecule has 1 atom stereocenters. The molecule has 1 unspecified atom stereocenters. The number of aryl methyl sites for hydroxylation is 1. The zero-order valence-corrected chi connectivity index (χ0v) is 28.4. The monoisotopic (exact) mass is 662 g/mol. The van der Waals surface area contributed by atoms with Gasteiger partial charge in [-0.3, -0.25) is 0 Å². The summed E-state index contributed by atoms with van der Waals surface area (Å²) in [6, 6.07) is 18.0. The summed E-state index contributed by atoms with van der Waals surface area (Å²) in [6.45, 7) is 5.29. The maximum atomic E-state index is 11.1. The largest absolute Gasteiger partial charge is 0.507 e. The van der Waals surface area contributed by atoms with Crippen LogP contribution >= 0.6 is 0 Å². The number of aldehydes is 1. The summed E-state index contributed by atoms with van der Waals surface area (Å²) in [6.07, 6.45) is 15.3. The molecule has 1 saturated heterocycles. The number of likely N-dealkylation sites (tertiary alicyclic amines) is 1. The Morgan fingerprint density at radius 1 is 1.06 bits per heavy atom. The van der Waals surface area contributed by atoms with E-state index in [1.807, 2.05) is 12.3 Å². The predicted octanol–water partition coefficient (Wildman–Crippen LogP) is 5.86. The van der Waals surface area contributed by atoms with Crippen molar-refractivity contribution in [2.45, 2.75) is 70.4 Å². The number of hydrogen-bond acceptors (Lipinski definition) is 9. The third-order valence-electron chi connectivity index (χ3n) is 9.59. The number of allylic oxidation sites excluding steroid dienone is 3.